The second-order valence-electron chi connectivity index (χ2n) is 11.8. The van der Waals surface area contributed by atoms with Gasteiger partial charge in [-0.25, -0.2) is 0 Å². The van der Waals surface area contributed by atoms with Crippen LogP contribution in [0.5, 0.6) is 0 Å². The Bertz CT molecular complexity index is 1380. The van der Waals surface area contributed by atoms with Crippen LogP contribution in [0, 0.1) is 0 Å². The number of benzene rings is 2. The van der Waals surface area contributed by atoms with Gasteiger partial charge in [-0.3, -0.25) is 14.4 Å². The molecular formula is C29H38BF3N6O5. The molecule has 2 heterocycles. The fourth-order valence-electron chi connectivity index (χ4n) is 5.62. The maximum Gasteiger partial charge on any atom is 0.492 e. The first kappa shape index (κ1) is 33.4. The molecule has 2 aliphatic heterocycles. The normalized spacial score (nSPS) is 20.7. The quantitative estimate of drug-likeness (QED) is 0.206. The predicted octanol–water partition coefficient (Wildman–Crippen LogP) is 0.319. The van der Waals surface area contributed by atoms with E-state index in [4.69, 9.17) is 21.9 Å². The highest BCUT2D eigenvalue weighted by Gasteiger charge is 2.41. The summed E-state index contributed by atoms with van der Waals surface area (Å²) in [7, 11) is -1.20. The molecule has 2 aromatic rings. The number of halogens is 3. The summed E-state index contributed by atoms with van der Waals surface area (Å²) >= 11 is 0. The molecule has 0 aliphatic carbocycles. The number of nitrogens with two attached hydrogens (primary N) is 3. The van der Waals surface area contributed by atoms with Gasteiger partial charge in [-0.2, -0.15) is 13.2 Å². The maximum atomic E-state index is 13.4. The molecule has 238 valence electrons. The molecule has 9 N–H and O–H groups in total. The van der Waals surface area contributed by atoms with Crippen LogP contribution in [0.25, 0.3) is 0 Å². The lowest BCUT2D eigenvalue weighted by molar-refractivity contribution is -0.137. The second-order valence-corrected chi connectivity index (χ2v) is 11.8. The molecule has 11 nitrogen and oxygen atoms in total. The van der Waals surface area contributed by atoms with Crippen LogP contribution in [-0.2, 0) is 37.2 Å². The molecule has 0 bridgehead atoms. The van der Waals surface area contributed by atoms with Crippen LogP contribution in [0.1, 0.15) is 49.8 Å². The summed E-state index contributed by atoms with van der Waals surface area (Å²) < 4.78 is 44.8. The third kappa shape index (κ3) is 7.77. The van der Waals surface area contributed by atoms with Crippen molar-refractivity contribution in [2.75, 3.05) is 18.4 Å². The predicted molar refractivity (Wildman–Crippen MR) is 158 cm³/mol. The van der Waals surface area contributed by atoms with Crippen LogP contribution in [0.4, 0.5) is 18.9 Å². The molecule has 4 rings (SSSR count). The standard InChI is InChI=1S/C29H38BF3N6O5/c1-28(2)21-8-7-19(13-22(21)30(43)44-28)37-27(42)24(11-16-3-5-17(6-4-16)29(31,32)33)38-26(41)23(36)9-10-25(40)39-15-18(35)12-20(39)14-34/h3-8,13,18,20,23-24,43H,9-12,14-15,34-36H2,1-2H3,(H,37,42)(H,38,41). The number of carbonyl (C=O) groups is 3. The molecule has 1 saturated heterocycles. The van der Waals surface area contributed by atoms with Crippen LogP contribution in [0.3, 0.4) is 0 Å². The van der Waals surface area contributed by atoms with Crippen LogP contribution in [-0.4, -0.2) is 72.0 Å². The van der Waals surface area contributed by atoms with Crippen molar-refractivity contribution in [3.63, 3.8) is 0 Å². The Kier molecular flexibility index (Phi) is 10.1. The van der Waals surface area contributed by atoms with Gasteiger partial charge in [0.05, 0.1) is 17.2 Å². The highest BCUT2D eigenvalue weighted by atomic mass is 19.4. The zero-order valence-electron chi connectivity index (χ0n) is 24.6. The number of rotatable bonds is 10. The molecule has 0 aromatic heterocycles. The van der Waals surface area contributed by atoms with E-state index in [1.807, 2.05) is 0 Å². The first-order valence-electron chi connectivity index (χ1n) is 14.4. The Labute approximate surface area is 253 Å². The third-order valence-electron chi connectivity index (χ3n) is 8.04. The first-order valence-corrected chi connectivity index (χ1v) is 14.4. The molecule has 2 aliphatic rings. The summed E-state index contributed by atoms with van der Waals surface area (Å²) in [4.78, 5) is 40.9. The Hall–Kier alpha value is -3.50. The number of hydrogen-bond acceptors (Lipinski definition) is 8. The molecule has 2 aromatic carbocycles. The minimum Gasteiger partial charge on any atom is -0.423 e. The molecule has 4 unspecified atom stereocenters. The van der Waals surface area contributed by atoms with Crippen molar-refractivity contribution in [2.45, 2.75) is 75.5 Å². The van der Waals surface area contributed by atoms with Gasteiger partial charge in [-0.1, -0.05) is 18.2 Å². The van der Waals surface area contributed by atoms with Gasteiger partial charge in [0.2, 0.25) is 17.7 Å². The van der Waals surface area contributed by atoms with Crippen LogP contribution in [0.15, 0.2) is 42.5 Å². The molecule has 0 saturated carbocycles. The van der Waals surface area contributed by atoms with Gasteiger partial charge in [-0.15, -0.1) is 0 Å². The topological polar surface area (TPSA) is 186 Å². The van der Waals surface area contributed by atoms with Crippen LogP contribution < -0.4 is 33.3 Å². The smallest absolute Gasteiger partial charge is 0.423 e. The highest BCUT2D eigenvalue weighted by Crippen LogP contribution is 2.31. The summed E-state index contributed by atoms with van der Waals surface area (Å²) in [5.74, 6) is -1.61. The van der Waals surface area contributed by atoms with E-state index in [-0.39, 0.29) is 43.8 Å². The molecular weight excluding hydrogens is 580 g/mol. The summed E-state index contributed by atoms with van der Waals surface area (Å²) in [5.41, 5.74) is 18.1. The Morgan fingerprint density at radius 2 is 1.84 bits per heavy atom. The second kappa shape index (κ2) is 13.2. The van der Waals surface area contributed by atoms with E-state index in [2.05, 4.69) is 10.6 Å². The Morgan fingerprint density at radius 1 is 1.16 bits per heavy atom. The number of alkyl halides is 3. The summed E-state index contributed by atoms with van der Waals surface area (Å²) in [6.07, 6.45) is -4.14. The average molecular weight is 618 g/mol. The lowest BCUT2D eigenvalue weighted by Crippen LogP contribution is -2.51. The Morgan fingerprint density at radius 3 is 2.48 bits per heavy atom. The van der Waals surface area contributed by atoms with Crippen molar-refractivity contribution in [1.82, 2.24) is 10.2 Å². The van der Waals surface area contributed by atoms with Crippen molar-refractivity contribution >= 4 is 36.0 Å². The van der Waals surface area contributed by atoms with Crippen molar-refractivity contribution in [3.05, 3.63) is 59.2 Å². The number of carbonyl (C=O) groups excluding carboxylic acids is 3. The summed E-state index contributed by atoms with van der Waals surface area (Å²) in [6.45, 7) is 4.22. The van der Waals surface area contributed by atoms with Gasteiger partial charge >= 0.3 is 13.3 Å². The number of fused-ring (bicyclic) bond motifs is 1. The number of amides is 3. The summed E-state index contributed by atoms with van der Waals surface area (Å²) in [6, 6.07) is 6.39. The Balaban J connectivity index is 1.46. The zero-order valence-corrected chi connectivity index (χ0v) is 24.6. The van der Waals surface area contributed by atoms with E-state index in [1.54, 1.807) is 36.9 Å². The van der Waals surface area contributed by atoms with Gasteiger partial charge in [-0.05, 0) is 67.5 Å². The van der Waals surface area contributed by atoms with E-state index in [0.29, 0.717) is 29.7 Å². The SMILES string of the molecule is CC1(C)OB(O)c2cc(NC(=O)C(Cc3ccc(C(F)(F)F)cc3)NC(=O)C(N)CCC(=O)N3CC(N)CC3CN)ccc21. The average Bonchev–Trinajstić information content (AvgIpc) is 3.45. The largest absolute Gasteiger partial charge is 0.492 e. The highest BCUT2D eigenvalue weighted by molar-refractivity contribution is 6.62. The van der Waals surface area contributed by atoms with E-state index in [0.717, 1.165) is 17.7 Å². The summed E-state index contributed by atoms with van der Waals surface area (Å²) in [5, 5.41) is 15.6. The molecule has 0 spiro atoms. The lowest BCUT2D eigenvalue weighted by atomic mass is 9.78. The number of nitrogens with zero attached hydrogens (tertiary/aromatic N) is 1. The van der Waals surface area contributed by atoms with Gasteiger partial charge in [0.15, 0.2) is 0 Å². The van der Waals surface area contributed by atoms with E-state index in [1.165, 1.54) is 12.1 Å². The monoisotopic (exact) mass is 618 g/mol. The molecule has 4 atom stereocenters. The number of anilines is 1. The first-order chi connectivity index (χ1) is 20.6. The van der Waals surface area contributed by atoms with Crippen molar-refractivity contribution in [1.29, 1.82) is 0 Å². The number of nitrogens with one attached hydrogen (secondary N) is 2. The van der Waals surface area contributed by atoms with Crippen molar-refractivity contribution in [2.24, 2.45) is 17.2 Å². The third-order valence-corrected chi connectivity index (χ3v) is 8.04. The fourth-order valence-corrected chi connectivity index (χ4v) is 5.62. The van der Waals surface area contributed by atoms with Gasteiger partial charge in [0.1, 0.15) is 6.04 Å². The van der Waals surface area contributed by atoms with E-state index >= 15 is 0 Å². The molecule has 0 radical (unpaired) electrons. The van der Waals surface area contributed by atoms with E-state index < -0.39 is 48.4 Å². The van der Waals surface area contributed by atoms with Gasteiger partial charge in [0, 0.05) is 43.7 Å². The number of likely N-dealkylation sites (tertiary alicyclic amines) is 1. The maximum absolute atomic E-state index is 13.4. The minimum atomic E-state index is -4.53. The van der Waals surface area contributed by atoms with Crippen molar-refractivity contribution in [3.8, 4) is 0 Å². The zero-order chi connectivity index (χ0) is 32.4. The molecule has 44 heavy (non-hydrogen) atoms. The van der Waals surface area contributed by atoms with Crippen molar-refractivity contribution < 1.29 is 37.2 Å². The fraction of sp³-hybridized carbons (Fsp3) is 0.483. The van der Waals surface area contributed by atoms with Gasteiger partial charge < -0.3 is 42.4 Å². The minimum absolute atomic E-state index is 0.0131. The van der Waals surface area contributed by atoms with E-state index in [9.17, 15) is 32.6 Å². The molecule has 3 amide bonds. The molecule has 1 fully saturated rings. The van der Waals surface area contributed by atoms with Crippen LogP contribution in [0.2, 0.25) is 0 Å². The number of hydrogen-bond donors (Lipinski definition) is 6. The lowest BCUT2D eigenvalue weighted by Gasteiger charge is -2.24. The van der Waals surface area contributed by atoms with Crippen LogP contribution >= 0.6 is 0 Å². The molecule has 15 heteroatoms. The van der Waals surface area contributed by atoms with Gasteiger partial charge in [0.25, 0.3) is 0 Å².